The lowest BCUT2D eigenvalue weighted by atomic mass is 10.1. The van der Waals surface area contributed by atoms with Gasteiger partial charge in [-0.25, -0.2) is 0 Å². The molecule has 4 nitrogen and oxygen atoms in total. The van der Waals surface area contributed by atoms with E-state index in [1.165, 1.54) is 17.3 Å². The van der Waals surface area contributed by atoms with Crippen molar-refractivity contribution in [1.82, 2.24) is 9.80 Å². The summed E-state index contributed by atoms with van der Waals surface area (Å²) in [4.78, 5) is 17.4. The molecule has 0 N–H and O–H groups in total. The van der Waals surface area contributed by atoms with Crippen LogP contribution >= 0.6 is 24.0 Å². The van der Waals surface area contributed by atoms with Gasteiger partial charge in [-0.05, 0) is 23.6 Å². The summed E-state index contributed by atoms with van der Waals surface area (Å²) >= 11 is 6.80. The van der Waals surface area contributed by atoms with Crippen LogP contribution in [0.3, 0.4) is 0 Å². The predicted octanol–water partition coefficient (Wildman–Crippen LogP) is 2.78. The van der Waals surface area contributed by atoms with Crippen LogP contribution in [0.5, 0.6) is 0 Å². The molecule has 1 aromatic rings. The summed E-state index contributed by atoms with van der Waals surface area (Å²) in [6.07, 6.45) is 2.96. The van der Waals surface area contributed by atoms with E-state index in [9.17, 15) is 4.79 Å². The molecule has 24 heavy (non-hydrogen) atoms. The van der Waals surface area contributed by atoms with Gasteiger partial charge in [0.15, 0.2) is 0 Å². The summed E-state index contributed by atoms with van der Waals surface area (Å²) in [6.45, 7) is 7.01. The van der Waals surface area contributed by atoms with Gasteiger partial charge in [-0.3, -0.25) is 14.6 Å². The van der Waals surface area contributed by atoms with E-state index in [1.807, 2.05) is 6.08 Å². The zero-order valence-corrected chi connectivity index (χ0v) is 15.5. The van der Waals surface area contributed by atoms with E-state index in [0.29, 0.717) is 15.8 Å². The highest BCUT2D eigenvalue weighted by Crippen LogP contribution is 2.32. The number of hydrogen-bond donors (Lipinski definition) is 0. The maximum Gasteiger partial charge on any atom is 0.266 e. The number of ether oxygens (including phenoxy) is 1. The first-order valence-corrected chi connectivity index (χ1v) is 9.54. The third kappa shape index (κ3) is 4.25. The van der Waals surface area contributed by atoms with Crippen molar-refractivity contribution in [1.29, 1.82) is 0 Å². The number of amides is 1. The number of thiocarbonyl (C=S) groups is 1. The summed E-state index contributed by atoms with van der Waals surface area (Å²) < 4.78 is 6.01. The Balaban J connectivity index is 1.63. The summed E-state index contributed by atoms with van der Waals surface area (Å²) in [7, 11) is 0. The minimum atomic E-state index is 0.0258. The highest BCUT2D eigenvalue weighted by atomic mass is 32.2. The van der Waals surface area contributed by atoms with E-state index < -0.39 is 0 Å². The van der Waals surface area contributed by atoms with E-state index in [4.69, 9.17) is 17.0 Å². The number of hydrogen-bond acceptors (Lipinski definition) is 5. The molecule has 0 bridgehead atoms. The van der Waals surface area contributed by atoms with Crippen molar-refractivity contribution in [3.05, 3.63) is 40.3 Å². The van der Waals surface area contributed by atoms with Crippen LogP contribution in [0, 0.1) is 0 Å². The second-order valence-electron chi connectivity index (χ2n) is 5.88. The van der Waals surface area contributed by atoms with Crippen LogP contribution in [-0.2, 0) is 16.0 Å². The molecule has 0 aromatic heterocycles. The lowest BCUT2D eigenvalue weighted by Crippen LogP contribution is -2.42. The Morgan fingerprint density at radius 3 is 2.58 bits per heavy atom. The predicted molar refractivity (Wildman–Crippen MR) is 103 cm³/mol. The SMILES string of the molecule is CCc1ccc(C=C2SC(=S)N(CCN3CCOCC3)C2=O)cc1. The van der Waals surface area contributed by atoms with Gasteiger partial charge in [-0.1, -0.05) is 55.2 Å². The fourth-order valence-electron chi connectivity index (χ4n) is 2.76. The Kier molecular flexibility index (Phi) is 6.05. The van der Waals surface area contributed by atoms with Gasteiger partial charge in [0.1, 0.15) is 4.32 Å². The number of morpholine rings is 1. The summed E-state index contributed by atoms with van der Waals surface area (Å²) in [6, 6.07) is 8.31. The molecule has 0 spiro atoms. The number of carbonyl (C=O) groups is 1. The van der Waals surface area contributed by atoms with Gasteiger partial charge in [0.2, 0.25) is 0 Å². The summed E-state index contributed by atoms with van der Waals surface area (Å²) in [5, 5.41) is 0. The van der Waals surface area contributed by atoms with Gasteiger partial charge in [0, 0.05) is 26.2 Å². The molecule has 2 saturated heterocycles. The molecule has 2 aliphatic heterocycles. The quantitative estimate of drug-likeness (QED) is 0.594. The standard InChI is InChI=1S/C18H22N2O2S2/c1-2-14-3-5-15(6-4-14)13-16-17(21)20(18(23)24-16)8-7-19-9-11-22-12-10-19/h3-6,13H,2,7-12H2,1H3. The Labute approximate surface area is 152 Å². The van der Waals surface area contributed by atoms with Crippen LogP contribution in [0.2, 0.25) is 0 Å². The molecule has 128 valence electrons. The van der Waals surface area contributed by atoms with Crippen molar-refractivity contribution in [3.8, 4) is 0 Å². The Morgan fingerprint density at radius 2 is 1.92 bits per heavy atom. The van der Waals surface area contributed by atoms with E-state index in [1.54, 1.807) is 4.90 Å². The van der Waals surface area contributed by atoms with E-state index in [0.717, 1.165) is 44.8 Å². The molecular weight excluding hydrogens is 340 g/mol. The first-order valence-electron chi connectivity index (χ1n) is 8.32. The molecule has 0 aliphatic carbocycles. The molecule has 2 heterocycles. The van der Waals surface area contributed by atoms with Crippen LogP contribution in [0.15, 0.2) is 29.2 Å². The maximum atomic E-state index is 12.6. The molecule has 0 unspecified atom stereocenters. The van der Waals surface area contributed by atoms with Crippen molar-refractivity contribution >= 4 is 40.3 Å². The number of nitrogens with zero attached hydrogens (tertiary/aromatic N) is 2. The van der Waals surface area contributed by atoms with Crippen molar-refractivity contribution in [2.45, 2.75) is 13.3 Å². The van der Waals surface area contributed by atoms with Crippen LogP contribution in [0.4, 0.5) is 0 Å². The van der Waals surface area contributed by atoms with Gasteiger partial charge in [-0.2, -0.15) is 0 Å². The number of aryl methyl sites for hydroxylation is 1. The molecule has 3 rings (SSSR count). The van der Waals surface area contributed by atoms with E-state index in [-0.39, 0.29) is 5.91 Å². The fraction of sp³-hybridized carbons (Fsp3) is 0.444. The van der Waals surface area contributed by atoms with Crippen LogP contribution in [-0.4, -0.2) is 59.4 Å². The lowest BCUT2D eigenvalue weighted by molar-refractivity contribution is -0.122. The van der Waals surface area contributed by atoms with E-state index >= 15 is 0 Å². The molecule has 1 aromatic carbocycles. The van der Waals surface area contributed by atoms with Gasteiger partial charge >= 0.3 is 0 Å². The Bertz CT molecular complexity index is 637. The monoisotopic (exact) mass is 362 g/mol. The van der Waals surface area contributed by atoms with Gasteiger partial charge in [0.25, 0.3) is 5.91 Å². The lowest BCUT2D eigenvalue weighted by Gasteiger charge is -2.28. The van der Waals surface area contributed by atoms with Gasteiger partial charge in [0.05, 0.1) is 18.1 Å². The normalized spacial score (nSPS) is 21.0. The highest BCUT2D eigenvalue weighted by molar-refractivity contribution is 8.26. The first kappa shape index (κ1) is 17.6. The number of rotatable bonds is 5. The Morgan fingerprint density at radius 1 is 1.21 bits per heavy atom. The van der Waals surface area contributed by atoms with Crippen LogP contribution < -0.4 is 0 Å². The third-order valence-corrected chi connectivity index (χ3v) is 5.68. The minimum Gasteiger partial charge on any atom is -0.379 e. The minimum absolute atomic E-state index is 0.0258. The number of benzene rings is 1. The summed E-state index contributed by atoms with van der Waals surface area (Å²) in [5.41, 5.74) is 2.34. The fourth-order valence-corrected chi connectivity index (χ4v) is 4.07. The molecule has 0 radical (unpaired) electrons. The zero-order valence-electron chi connectivity index (χ0n) is 13.9. The number of thioether (sulfide) groups is 1. The molecule has 1 amide bonds. The van der Waals surface area contributed by atoms with Crippen LogP contribution in [0.25, 0.3) is 6.08 Å². The second kappa shape index (κ2) is 8.25. The molecule has 0 saturated carbocycles. The third-order valence-electron chi connectivity index (χ3n) is 4.30. The zero-order chi connectivity index (χ0) is 16.9. The average Bonchev–Trinajstić information content (AvgIpc) is 2.88. The molecule has 2 aliphatic rings. The van der Waals surface area contributed by atoms with Crippen molar-refractivity contribution < 1.29 is 9.53 Å². The molecular formula is C18H22N2O2S2. The Hall–Kier alpha value is -1.21. The highest BCUT2D eigenvalue weighted by Gasteiger charge is 2.32. The topological polar surface area (TPSA) is 32.8 Å². The number of carbonyl (C=O) groups excluding carboxylic acids is 1. The van der Waals surface area contributed by atoms with Gasteiger partial charge < -0.3 is 4.74 Å². The first-order chi connectivity index (χ1) is 11.7. The smallest absolute Gasteiger partial charge is 0.266 e. The largest absolute Gasteiger partial charge is 0.379 e. The van der Waals surface area contributed by atoms with Crippen LogP contribution in [0.1, 0.15) is 18.1 Å². The molecule has 0 atom stereocenters. The van der Waals surface area contributed by atoms with Gasteiger partial charge in [-0.15, -0.1) is 0 Å². The maximum absolute atomic E-state index is 12.6. The van der Waals surface area contributed by atoms with Crippen molar-refractivity contribution in [2.24, 2.45) is 0 Å². The average molecular weight is 363 g/mol. The van der Waals surface area contributed by atoms with Crippen molar-refractivity contribution in [3.63, 3.8) is 0 Å². The molecule has 2 fully saturated rings. The second-order valence-corrected chi connectivity index (χ2v) is 7.56. The van der Waals surface area contributed by atoms with E-state index in [2.05, 4.69) is 36.1 Å². The van der Waals surface area contributed by atoms with Crippen molar-refractivity contribution in [2.75, 3.05) is 39.4 Å². The molecule has 6 heteroatoms. The summed E-state index contributed by atoms with van der Waals surface area (Å²) in [5.74, 6) is 0.0258.